The van der Waals surface area contributed by atoms with Crippen LogP contribution in [0.5, 0.6) is 0 Å². The number of ether oxygens (including phenoxy) is 1. The van der Waals surface area contributed by atoms with Crippen molar-refractivity contribution in [1.82, 2.24) is 0 Å². The number of hydrogen-bond acceptors (Lipinski definition) is 3. The number of anilines is 1. The quantitative estimate of drug-likeness (QED) is 0.539. The van der Waals surface area contributed by atoms with Gasteiger partial charge in [-0.15, -0.1) is 0 Å². The van der Waals surface area contributed by atoms with Crippen molar-refractivity contribution >= 4 is 23.7 Å². The maximum absolute atomic E-state index is 12.9. The number of benzene rings is 3. The van der Waals surface area contributed by atoms with Crippen LogP contribution in [0.2, 0.25) is 0 Å². The summed E-state index contributed by atoms with van der Waals surface area (Å²) in [4.78, 5) is 18.9. The van der Waals surface area contributed by atoms with E-state index in [1.54, 1.807) is 11.9 Å². The van der Waals surface area contributed by atoms with Crippen LogP contribution >= 0.6 is 0 Å². The Morgan fingerprint density at radius 3 is 2.30 bits per heavy atom. The molecule has 3 aromatic carbocycles. The van der Waals surface area contributed by atoms with Crippen LogP contribution in [0.15, 0.2) is 71.7 Å². The Hall–Kier alpha value is -3.40. The van der Waals surface area contributed by atoms with E-state index in [2.05, 4.69) is 55.2 Å². The fraction of sp³-hybridized carbons (Fsp3) is 0.231. The van der Waals surface area contributed by atoms with Gasteiger partial charge in [0.15, 0.2) is 0 Å². The Morgan fingerprint density at radius 1 is 1.00 bits per heavy atom. The average molecular weight is 396 g/mol. The number of carbonyl (C=O) groups excluding carboxylic acids is 1. The molecule has 4 heteroatoms. The molecule has 0 saturated heterocycles. The summed E-state index contributed by atoms with van der Waals surface area (Å²) in [6.07, 6.45) is 1.60. The summed E-state index contributed by atoms with van der Waals surface area (Å²) >= 11 is 0. The van der Waals surface area contributed by atoms with E-state index >= 15 is 0 Å². The molecule has 1 aliphatic carbocycles. The molecule has 0 atom stereocenters. The predicted octanol–water partition coefficient (Wildman–Crippen LogP) is 6.07. The van der Waals surface area contributed by atoms with Gasteiger partial charge in [0, 0.05) is 30.3 Å². The van der Waals surface area contributed by atoms with Crippen LogP contribution in [-0.2, 0) is 10.2 Å². The Morgan fingerprint density at radius 2 is 1.63 bits per heavy atom. The third kappa shape index (κ3) is 2.91. The molecule has 0 bridgehead atoms. The highest BCUT2D eigenvalue weighted by atomic mass is 16.6. The van der Waals surface area contributed by atoms with Crippen LogP contribution in [0.4, 0.5) is 16.2 Å². The molecule has 0 N–H and O–H groups in total. The van der Waals surface area contributed by atoms with Crippen LogP contribution in [0.1, 0.15) is 36.5 Å². The van der Waals surface area contributed by atoms with Crippen molar-refractivity contribution in [1.29, 1.82) is 0 Å². The van der Waals surface area contributed by atoms with Crippen LogP contribution < -0.4 is 4.90 Å². The Kier molecular flexibility index (Phi) is 4.24. The number of amides is 1. The second-order valence-electron chi connectivity index (χ2n) is 8.54. The molecule has 30 heavy (non-hydrogen) atoms. The maximum Gasteiger partial charge on any atom is 0.414 e. The number of rotatable bonds is 3. The summed E-state index contributed by atoms with van der Waals surface area (Å²) < 4.78 is 5.78. The molecule has 1 aliphatic heterocycles. The highest BCUT2D eigenvalue weighted by Gasteiger charge is 2.30. The summed E-state index contributed by atoms with van der Waals surface area (Å²) in [6.45, 7) is 4.57. The molecule has 0 saturated carbocycles. The van der Waals surface area contributed by atoms with Gasteiger partial charge in [0.25, 0.3) is 0 Å². The first-order valence-electron chi connectivity index (χ1n) is 10.2. The van der Waals surface area contributed by atoms with Gasteiger partial charge in [0.2, 0.25) is 0 Å². The summed E-state index contributed by atoms with van der Waals surface area (Å²) in [6, 6.07) is 22.6. The SMILES string of the molecule is CN(C(=O)OCC1c2ccccc2-c2ccccc21)c1ccc2c(c1)C(C)(C)C=N2. The minimum Gasteiger partial charge on any atom is -0.448 e. The Bertz CT molecular complexity index is 1130. The molecule has 1 heterocycles. The topological polar surface area (TPSA) is 41.9 Å². The number of nitrogens with zero attached hydrogens (tertiary/aromatic N) is 2. The van der Waals surface area contributed by atoms with E-state index in [1.165, 1.54) is 22.3 Å². The van der Waals surface area contributed by atoms with Gasteiger partial charge in [-0.2, -0.15) is 0 Å². The zero-order valence-corrected chi connectivity index (χ0v) is 17.4. The highest BCUT2D eigenvalue weighted by molar-refractivity contribution is 5.90. The molecule has 3 aromatic rings. The van der Waals surface area contributed by atoms with Gasteiger partial charge < -0.3 is 4.74 Å². The first-order valence-corrected chi connectivity index (χ1v) is 10.2. The molecule has 0 unspecified atom stereocenters. The molecule has 150 valence electrons. The van der Waals surface area contributed by atoms with Crippen molar-refractivity contribution in [3.05, 3.63) is 83.4 Å². The van der Waals surface area contributed by atoms with Crippen LogP contribution in [-0.4, -0.2) is 26.0 Å². The molecule has 5 rings (SSSR count). The number of carbonyl (C=O) groups is 1. The minimum atomic E-state index is -0.353. The number of hydrogen-bond donors (Lipinski definition) is 0. The first kappa shape index (κ1) is 18.6. The first-order chi connectivity index (χ1) is 14.5. The van der Waals surface area contributed by atoms with E-state index in [4.69, 9.17) is 4.74 Å². The van der Waals surface area contributed by atoms with Crippen molar-refractivity contribution in [3.8, 4) is 11.1 Å². The van der Waals surface area contributed by atoms with E-state index in [0.29, 0.717) is 6.61 Å². The summed E-state index contributed by atoms with van der Waals surface area (Å²) in [5.41, 5.74) is 7.64. The van der Waals surface area contributed by atoms with E-state index in [1.807, 2.05) is 36.5 Å². The standard InChI is InChI=1S/C26H24N2O2/c1-26(2)16-27-24-13-12-17(14-23(24)26)28(3)25(29)30-15-22-20-10-6-4-8-18(20)19-9-5-7-11-21(19)22/h4-14,16,22H,15H2,1-3H3. The zero-order valence-electron chi connectivity index (χ0n) is 17.4. The Balaban J connectivity index is 1.35. The molecular formula is C26H24N2O2. The number of aliphatic imine (C=N–C) groups is 1. The molecular weight excluding hydrogens is 372 g/mol. The van der Waals surface area contributed by atoms with Gasteiger partial charge in [-0.25, -0.2) is 4.79 Å². The fourth-order valence-electron chi connectivity index (χ4n) is 4.46. The lowest BCUT2D eigenvalue weighted by molar-refractivity contribution is 0.152. The van der Waals surface area contributed by atoms with Crippen LogP contribution in [0.25, 0.3) is 11.1 Å². The van der Waals surface area contributed by atoms with E-state index < -0.39 is 0 Å². The summed E-state index contributed by atoms with van der Waals surface area (Å²) in [5, 5.41) is 0. The van der Waals surface area contributed by atoms with Crippen LogP contribution in [0, 0.1) is 0 Å². The third-order valence-corrected chi connectivity index (χ3v) is 6.20. The number of fused-ring (bicyclic) bond motifs is 4. The zero-order chi connectivity index (χ0) is 20.9. The van der Waals surface area contributed by atoms with E-state index in [-0.39, 0.29) is 17.4 Å². The fourth-order valence-corrected chi connectivity index (χ4v) is 4.46. The normalized spacial score (nSPS) is 15.4. The Labute approximate surface area is 176 Å². The van der Waals surface area contributed by atoms with Gasteiger partial charge in [0.1, 0.15) is 6.61 Å². The maximum atomic E-state index is 12.9. The monoisotopic (exact) mass is 396 g/mol. The molecule has 0 radical (unpaired) electrons. The van der Waals surface area contributed by atoms with E-state index in [9.17, 15) is 4.79 Å². The summed E-state index contributed by atoms with van der Waals surface area (Å²) in [5.74, 6) is 0.0575. The molecule has 4 nitrogen and oxygen atoms in total. The van der Waals surface area contributed by atoms with Gasteiger partial charge in [0.05, 0.1) is 5.69 Å². The van der Waals surface area contributed by atoms with Crippen molar-refractivity contribution in [2.45, 2.75) is 25.2 Å². The van der Waals surface area contributed by atoms with E-state index in [0.717, 1.165) is 16.9 Å². The lowest BCUT2D eigenvalue weighted by Crippen LogP contribution is -2.29. The lowest BCUT2D eigenvalue weighted by Gasteiger charge is -2.22. The van der Waals surface area contributed by atoms with Gasteiger partial charge in [-0.05, 0) is 46.0 Å². The van der Waals surface area contributed by atoms with Crippen LogP contribution in [0.3, 0.4) is 0 Å². The predicted molar refractivity (Wildman–Crippen MR) is 121 cm³/mol. The van der Waals surface area contributed by atoms with Gasteiger partial charge in [-0.3, -0.25) is 9.89 Å². The van der Waals surface area contributed by atoms with Gasteiger partial charge in [-0.1, -0.05) is 62.4 Å². The molecule has 0 spiro atoms. The largest absolute Gasteiger partial charge is 0.448 e. The van der Waals surface area contributed by atoms with Crippen molar-refractivity contribution in [3.63, 3.8) is 0 Å². The lowest BCUT2D eigenvalue weighted by atomic mass is 9.87. The summed E-state index contributed by atoms with van der Waals surface area (Å²) in [7, 11) is 1.75. The smallest absolute Gasteiger partial charge is 0.414 e. The van der Waals surface area contributed by atoms with Crippen molar-refractivity contribution in [2.75, 3.05) is 18.6 Å². The minimum absolute atomic E-state index is 0.0575. The molecule has 0 fully saturated rings. The second-order valence-corrected chi connectivity index (χ2v) is 8.54. The molecule has 2 aliphatic rings. The highest BCUT2D eigenvalue weighted by Crippen LogP contribution is 2.44. The van der Waals surface area contributed by atoms with Crippen molar-refractivity contribution in [2.24, 2.45) is 4.99 Å². The molecule has 0 aromatic heterocycles. The third-order valence-electron chi connectivity index (χ3n) is 6.20. The van der Waals surface area contributed by atoms with Crippen molar-refractivity contribution < 1.29 is 9.53 Å². The molecule has 1 amide bonds. The van der Waals surface area contributed by atoms with Gasteiger partial charge >= 0.3 is 6.09 Å². The second kappa shape index (κ2) is 6.84. The average Bonchev–Trinajstić information content (AvgIpc) is 3.25.